The number of halogens is 1. The Bertz CT molecular complexity index is 1210. The number of imide groups is 1. The van der Waals surface area contributed by atoms with Gasteiger partial charge in [-0.25, -0.2) is 9.97 Å². The number of aryl methyl sites for hydroxylation is 1. The van der Waals surface area contributed by atoms with Gasteiger partial charge in [0.1, 0.15) is 18.2 Å². The molecule has 2 aromatic heterocycles. The molecule has 0 bridgehead atoms. The molecule has 1 aromatic carbocycles. The van der Waals surface area contributed by atoms with Crippen molar-refractivity contribution in [2.24, 2.45) is 0 Å². The average Bonchev–Trinajstić information content (AvgIpc) is 3.22. The Morgan fingerprint density at radius 2 is 2.00 bits per heavy atom. The molecular weight excluding hydrogens is 460 g/mol. The number of likely N-dealkylation sites (tertiary alicyclic amines) is 1. The van der Waals surface area contributed by atoms with E-state index in [1.54, 1.807) is 0 Å². The van der Waals surface area contributed by atoms with Gasteiger partial charge in [0.2, 0.25) is 11.8 Å². The number of nitrogens with zero attached hydrogens (tertiary/aromatic N) is 3. The van der Waals surface area contributed by atoms with Crippen LogP contribution in [0.3, 0.4) is 0 Å². The average molecular weight is 485 g/mol. The van der Waals surface area contributed by atoms with Crippen LogP contribution < -0.4 is 10.1 Å². The molecule has 2 aliphatic heterocycles. The zero-order valence-electron chi connectivity index (χ0n) is 18.4. The number of hydrogen-bond acceptors (Lipinski definition) is 7. The molecule has 0 spiro atoms. The van der Waals surface area contributed by atoms with Gasteiger partial charge < -0.3 is 10.1 Å². The summed E-state index contributed by atoms with van der Waals surface area (Å²) in [4.78, 5) is 35.8. The van der Waals surface area contributed by atoms with Gasteiger partial charge in [0.25, 0.3) is 0 Å². The lowest BCUT2D eigenvalue weighted by Gasteiger charge is -2.26. The SMILES string of the molecule is Cc1cc(Cl)cc(-c2ncnc3cc(CN4C(=O)CCCC4=O)sc23)c1OC1CCCNC1. The van der Waals surface area contributed by atoms with Crippen molar-refractivity contribution in [3.8, 4) is 17.0 Å². The highest BCUT2D eigenvalue weighted by Crippen LogP contribution is 2.41. The van der Waals surface area contributed by atoms with Crippen LogP contribution in [0.25, 0.3) is 21.5 Å². The molecule has 7 nitrogen and oxygen atoms in total. The van der Waals surface area contributed by atoms with Gasteiger partial charge >= 0.3 is 0 Å². The first-order valence-corrected chi connectivity index (χ1v) is 12.4. The Balaban J connectivity index is 1.53. The lowest BCUT2D eigenvalue weighted by molar-refractivity contribution is -0.148. The number of amides is 2. The van der Waals surface area contributed by atoms with E-state index in [4.69, 9.17) is 16.3 Å². The molecule has 5 rings (SSSR count). The maximum Gasteiger partial charge on any atom is 0.229 e. The van der Waals surface area contributed by atoms with Crippen LogP contribution in [-0.4, -0.2) is 45.9 Å². The number of hydrogen-bond donors (Lipinski definition) is 1. The van der Waals surface area contributed by atoms with Gasteiger partial charge in [-0.1, -0.05) is 11.6 Å². The van der Waals surface area contributed by atoms with Gasteiger partial charge in [-0.2, -0.15) is 0 Å². The summed E-state index contributed by atoms with van der Waals surface area (Å²) in [6, 6.07) is 5.73. The number of rotatable bonds is 5. The molecule has 172 valence electrons. The minimum atomic E-state index is -0.114. The zero-order chi connectivity index (χ0) is 22.9. The second-order valence-corrected chi connectivity index (χ2v) is 10.1. The summed E-state index contributed by atoms with van der Waals surface area (Å²) in [5.74, 6) is 0.555. The number of thiophene rings is 1. The van der Waals surface area contributed by atoms with Gasteiger partial charge in [0, 0.05) is 34.8 Å². The van der Waals surface area contributed by atoms with E-state index >= 15 is 0 Å². The smallest absolute Gasteiger partial charge is 0.229 e. The Labute approximate surface area is 201 Å². The number of nitrogens with one attached hydrogen (secondary N) is 1. The molecule has 2 aliphatic rings. The minimum absolute atomic E-state index is 0.0877. The molecule has 1 N–H and O–H groups in total. The molecule has 3 aromatic rings. The van der Waals surface area contributed by atoms with Gasteiger partial charge in [0.15, 0.2) is 0 Å². The van der Waals surface area contributed by atoms with Crippen LogP contribution in [0.5, 0.6) is 5.75 Å². The minimum Gasteiger partial charge on any atom is -0.488 e. The number of carbonyl (C=O) groups excluding carboxylic acids is 2. The Morgan fingerprint density at radius 3 is 2.76 bits per heavy atom. The fourth-order valence-corrected chi connectivity index (χ4v) is 5.83. The summed E-state index contributed by atoms with van der Waals surface area (Å²) in [6.45, 7) is 4.08. The number of aromatic nitrogens is 2. The van der Waals surface area contributed by atoms with Crippen LogP contribution >= 0.6 is 22.9 Å². The Hall–Kier alpha value is -2.55. The molecule has 1 unspecified atom stereocenters. The van der Waals surface area contributed by atoms with Crippen molar-refractivity contribution in [1.29, 1.82) is 0 Å². The van der Waals surface area contributed by atoms with E-state index in [0.717, 1.165) is 63.6 Å². The van der Waals surface area contributed by atoms with Crippen LogP contribution in [0, 0.1) is 6.92 Å². The summed E-state index contributed by atoms with van der Waals surface area (Å²) in [6.07, 6.45) is 5.16. The third kappa shape index (κ3) is 4.60. The summed E-state index contributed by atoms with van der Waals surface area (Å²) in [5, 5.41) is 4.01. The standard InChI is InChI=1S/C24H25ClN4O3S/c1-14-8-15(25)9-18(23(14)32-16-4-3-7-26-11-16)22-24-19(27-13-28-22)10-17(33-24)12-29-20(30)5-2-6-21(29)31/h8-10,13,16,26H,2-7,11-12H2,1H3. The normalized spacial score (nSPS) is 19.3. The molecule has 0 aliphatic carbocycles. The maximum absolute atomic E-state index is 12.3. The van der Waals surface area contributed by atoms with E-state index in [2.05, 4.69) is 15.3 Å². The third-order valence-electron chi connectivity index (χ3n) is 6.09. The van der Waals surface area contributed by atoms with Crippen LogP contribution in [0.15, 0.2) is 24.5 Å². The number of benzene rings is 1. The molecule has 2 fully saturated rings. The molecule has 33 heavy (non-hydrogen) atoms. The van der Waals surface area contributed by atoms with Gasteiger partial charge in [-0.15, -0.1) is 11.3 Å². The summed E-state index contributed by atoms with van der Waals surface area (Å²) in [5.41, 5.74) is 3.31. The fourth-order valence-electron chi connectivity index (χ4n) is 4.45. The van der Waals surface area contributed by atoms with Gasteiger partial charge in [-0.3, -0.25) is 14.5 Å². The van der Waals surface area contributed by atoms with Crippen molar-refractivity contribution in [3.63, 3.8) is 0 Å². The van der Waals surface area contributed by atoms with Crippen LogP contribution in [0.4, 0.5) is 0 Å². The summed E-state index contributed by atoms with van der Waals surface area (Å²) < 4.78 is 7.34. The van der Waals surface area contributed by atoms with Crippen molar-refractivity contribution in [3.05, 3.63) is 40.0 Å². The summed E-state index contributed by atoms with van der Waals surface area (Å²) >= 11 is 7.94. The molecule has 9 heteroatoms. The molecule has 0 saturated carbocycles. The van der Waals surface area contributed by atoms with Crippen molar-refractivity contribution in [1.82, 2.24) is 20.2 Å². The van der Waals surface area contributed by atoms with Crippen molar-refractivity contribution >= 4 is 45.0 Å². The Kier molecular flexibility index (Phi) is 6.32. The van der Waals surface area contributed by atoms with Crippen LogP contribution in [0.1, 0.15) is 42.5 Å². The topological polar surface area (TPSA) is 84.4 Å². The predicted molar refractivity (Wildman–Crippen MR) is 129 cm³/mol. The first-order valence-electron chi connectivity index (χ1n) is 11.2. The molecule has 0 radical (unpaired) electrons. The Morgan fingerprint density at radius 1 is 1.18 bits per heavy atom. The zero-order valence-corrected chi connectivity index (χ0v) is 20.0. The van der Waals surface area contributed by atoms with E-state index in [1.165, 1.54) is 22.6 Å². The van der Waals surface area contributed by atoms with Crippen LogP contribution in [-0.2, 0) is 16.1 Å². The lowest BCUT2D eigenvalue weighted by Crippen LogP contribution is -2.39. The first kappa shape index (κ1) is 22.3. The molecule has 1 atom stereocenters. The van der Waals surface area contributed by atoms with Crippen molar-refractivity contribution < 1.29 is 14.3 Å². The fraction of sp³-hybridized carbons (Fsp3) is 0.417. The highest BCUT2D eigenvalue weighted by molar-refractivity contribution is 7.19. The number of carbonyl (C=O) groups is 2. The van der Waals surface area contributed by atoms with Crippen LogP contribution in [0.2, 0.25) is 5.02 Å². The van der Waals surface area contributed by atoms with Gasteiger partial charge in [0.05, 0.1) is 22.5 Å². The second kappa shape index (κ2) is 9.37. The monoisotopic (exact) mass is 484 g/mol. The van der Waals surface area contributed by atoms with E-state index in [9.17, 15) is 9.59 Å². The van der Waals surface area contributed by atoms with E-state index < -0.39 is 0 Å². The number of piperidine rings is 2. The van der Waals surface area contributed by atoms with Crippen molar-refractivity contribution in [2.75, 3.05) is 13.1 Å². The van der Waals surface area contributed by atoms with E-state index in [-0.39, 0.29) is 24.5 Å². The first-order chi connectivity index (χ1) is 16.0. The molecule has 2 saturated heterocycles. The predicted octanol–water partition coefficient (Wildman–Crippen LogP) is 4.49. The lowest BCUT2D eigenvalue weighted by atomic mass is 10.0. The summed E-state index contributed by atoms with van der Waals surface area (Å²) in [7, 11) is 0. The second-order valence-electron chi connectivity index (χ2n) is 8.56. The van der Waals surface area contributed by atoms with Gasteiger partial charge in [-0.05, 0) is 56.5 Å². The molecular formula is C24H25ClN4O3S. The van der Waals surface area contributed by atoms with E-state index in [0.29, 0.717) is 24.3 Å². The largest absolute Gasteiger partial charge is 0.488 e. The molecule has 4 heterocycles. The quantitative estimate of drug-likeness (QED) is 0.537. The van der Waals surface area contributed by atoms with E-state index in [1.807, 2.05) is 25.1 Å². The third-order valence-corrected chi connectivity index (χ3v) is 7.42. The highest BCUT2D eigenvalue weighted by atomic mass is 35.5. The number of fused-ring (bicyclic) bond motifs is 1. The highest BCUT2D eigenvalue weighted by Gasteiger charge is 2.27. The van der Waals surface area contributed by atoms with Crippen molar-refractivity contribution in [2.45, 2.75) is 51.7 Å². The number of ether oxygens (including phenoxy) is 1. The molecule has 2 amide bonds. The maximum atomic E-state index is 12.3.